The number of amides is 2. The molecule has 1 aliphatic rings. The number of benzene rings is 4. The molecule has 0 saturated carbocycles. The van der Waals surface area contributed by atoms with Gasteiger partial charge >= 0.3 is 0 Å². The highest BCUT2D eigenvalue weighted by Gasteiger charge is 2.32. The van der Waals surface area contributed by atoms with Gasteiger partial charge in [0.1, 0.15) is 23.4 Å². The highest BCUT2D eigenvalue weighted by atomic mass is 32.2. The highest BCUT2D eigenvalue weighted by molar-refractivity contribution is 7.92. The van der Waals surface area contributed by atoms with Gasteiger partial charge in [-0.05, 0) is 104 Å². The summed E-state index contributed by atoms with van der Waals surface area (Å²) in [6.07, 6.45) is 7.45. The van der Waals surface area contributed by atoms with Crippen LogP contribution in [-0.4, -0.2) is 45.4 Å². The second kappa shape index (κ2) is 16.8. The molecule has 0 unspecified atom stereocenters. The zero-order chi connectivity index (χ0) is 34.6. The van der Waals surface area contributed by atoms with Crippen molar-refractivity contribution in [3.63, 3.8) is 0 Å². The lowest BCUT2D eigenvalue weighted by molar-refractivity contribution is -0.143. The summed E-state index contributed by atoms with van der Waals surface area (Å²) >= 11 is 0. The van der Waals surface area contributed by atoms with Crippen LogP contribution in [0.1, 0.15) is 49.3 Å². The molecule has 1 atom stereocenters. The topological polar surface area (TPSA) is 114 Å². The first kappa shape index (κ1) is 35.2. The Labute approximate surface area is 286 Å². The first-order valence-corrected chi connectivity index (χ1v) is 17.6. The minimum Gasteiger partial charge on any atom is -0.497 e. The molecule has 1 aliphatic carbocycles. The van der Waals surface area contributed by atoms with Gasteiger partial charge in [-0.1, -0.05) is 54.1 Å². The molecule has 0 radical (unpaired) electrons. The third-order valence-corrected chi connectivity index (χ3v) is 9.63. The highest BCUT2D eigenvalue weighted by Crippen LogP contribution is 2.26. The van der Waals surface area contributed by atoms with Gasteiger partial charge in [-0.3, -0.25) is 14.3 Å². The molecule has 11 heteroatoms. The maximum absolute atomic E-state index is 14.0. The fraction of sp³-hybridized carbons (Fsp3) is 0.263. The monoisotopic (exact) mass is 685 g/mol. The van der Waals surface area contributed by atoms with E-state index in [1.54, 1.807) is 19.2 Å². The SMILES string of the molecule is COc1ccc(CN(C(=O)COc2ccc(S(=O)(=O)Nc3ccc(F)cc3)cc2)[C@@H](C(=O)NCCC2=CCCCC2)c2ccccc2)cc1. The van der Waals surface area contributed by atoms with E-state index in [2.05, 4.69) is 16.1 Å². The fourth-order valence-corrected chi connectivity index (χ4v) is 6.67. The molecule has 5 rings (SSSR count). The van der Waals surface area contributed by atoms with Gasteiger partial charge in [-0.25, -0.2) is 12.8 Å². The third-order valence-electron chi connectivity index (χ3n) is 8.23. The predicted octanol–water partition coefficient (Wildman–Crippen LogP) is 6.79. The van der Waals surface area contributed by atoms with Crippen molar-refractivity contribution in [3.05, 3.63) is 132 Å². The summed E-state index contributed by atoms with van der Waals surface area (Å²) in [6, 6.07) is 26.0. The Balaban J connectivity index is 1.33. The number of rotatable bonds is 15. The summed E-state index contributed by atoms with van der Waals surface area (Å²) in [6.45, 7) is 0.177. The number of allylic oxidation sites excluding steroid dienone is 1. The first-order valence-electron chi connectivity index (χ1n) is 16.2. The fourth-order valence-electron chi connectivity index (χ4n) is 5.61. The minimum absolute atomic E-state index is 0.0403. The molecular weight excluding hydrogens is 645 g/mol. The van der Waals surface area contributed by atoms with E-state index in [9.17, 15) is 22.4 Å². The van der Waals surface area contributed by atoms with Crippen LogP contribution >= 0.6 is 0 Å². The minimum atomic E-state index is -3.95. The van der Waals surface area contributed by atoms with Crippen LogP contribution in [0.25, 0.3) is 0 Å². The summed E-state index contributed by atoms with van der Waals surface area (Å²) in [7, 11) is -2.38. The molecule has 4 aromatic carbocycles. The summed E-state index contributed by atoms with van der Waals surface area (Å²) in [5, 5.41) is 3.07. The number of anilines is 1. The number of carbonyl (C=O) groups excluding carboxylic acids is 2. The number of hydrogen-bond acceptors (Lipinski definition) is 6. The number of methoxy groups -OCH3 is 1. The molecule has 0 spiro atoms. The molecule has 2 amide bonds. The maximum atomic E-state index is 14.0. The van der Waals surface area contributed by atoms with Gasteiger partial charge < -0.3 is 19.7 Å². The van der Waals surface area contributed by atoms with Crippen molar-refractivity contribution in [2.45, 2.75) is 49.6 Å². The summed E-state index contributed by atoms with van der Waals surface area (Å²) in [5.74, 6) is -0.292. The molecule has 0 aromatic heterocycles. The lowest BCUT2D eigenvalue weighted by Gasteiger charge is -2.31. The quantitative estimate of drug-likeness (QED) is 0.133. The summed E-state index contributed by atoms with van der Waals surface area (Å²) in [5.41, 5.74) is 3.00. The van der Waals surface area contributed by atoms with Gasteiger partial charge in [-0.2, -0.15) is 0 Å². The number of halogens is 1. The number of hydrogen-bond donors (Lipinski definition) is 2. The van der Waals surface area contributed by atoms with Crippen LogP contribution in [0.4, 0.5) is 10.1 Å². The molecule has 0 bridgehead atoms. The predicted molar refractivity (Wildman–Crippen MR) is 186 cm³/mol. The van der Waals surface area contributed by atoms with Crippen molar-refractivity contribution < 1.29 is 31.9 Å². The summed E-state index contributed by atoms with van der Waals surface area (Å²) < 4.78 is 52.5. The molecule has 9 nitrogen and oxygen atoms in total. The van der Waals surface area contributed by atoms with Gasteiger partial charge in [0.15, 0.2) is 6.61 Å². The Kier molecular flexibility index (Phi) is 12.0. The molecule has 0 heterocycles. The van der Waals surface area contributed by atoms with Crippen LogP contribution in [0, 0.1) is 5.82 Å². The van der Waals surface area contributed by atoms with E-state index in [1.807, 2.05) is 42.5 Å². The zero-order valence-electron chi connectivity index (χ0n) is 27.3. The van der Waals surface area contributed by atoms with Crippen molar-refractivity contribution in [2.75, 3.05) is 25.0 Å². The van der Waals surface area contributed by atoms with Crippen molar-refractivity contribution in [3.8, 4) is 11.5 Å². The van der Waals surface area contributed by atoms with E-state index in [4.69, 9.17) is 9.47 Å². The van der Waals surface area contributed by atoms with Crippen molar-refractivity contribution >= 4 is 27.5 Å². The second-order valence-electron chi connectivity index (χ2n) is 11.7. The number of carbonyl (C=O) groups is 2. The Morgan fingerprint density at radius 3 is 2.22 bits per heavy atom. The van der Waals surface area contributed by atoms with E-state index in [0.29, 0.717) is 17.9 Å². The number of nitrogens with one attached hydrogen (secondary N) is 2. The van der Waals surface area contributed by atoms with Gasteiger partial charge in [0.05, 0.1) is 12.0 Å². The Morgan fingerprint density at radius 1 is 0.878 bits per heavy atom. The third kappa shape index (κ3) is 9.93. The van der Waals surface area contributed by atoms with Crippen LogP contribution in [0.3, 0.4) is 0 Å². The molecule has 0 aliphatic heterocycles. The van der Waals surface area contributed by atoms with Crippen molar-refractivity contribution in [1.82, 2.24) is 10.2 Å². The van der Waals surface area contributed by atoms with Crippen molar-refractivity contribution in [1.29, 1.82) is 0 Å². The second-order valence-corrected chi connectivity index (χ2v) is 13.4. The van der Waals surface area contributed by atoms with E-state index in [-0.39, 0.29) is 28.8 Å². The van der Waals surface area contributed by atoms with Gasteiger partial charge in [0, 0.05) is 18.8 Å². The smallest absolute Gasteiger partial charge is 0.261 e. The van der Waals surface area contributed by atoms with Crippen LogP contribution in [-0.2, 0) is 26.2 Å². The zero-order valence-corrected chi connectivity index (χ0v) is 28.1. The average molecular weight is 686 g/mol. The molecule has 256 valence electrons. The lowest BCUT2D eigenvalue weighted by Crippen LogP contribution is -2.45. The standard InChI is InChI=1S/C38H40FN3O6S/c1-47-33-18-12-29(13-19-33)26-42(37(30-10-6-3-7-11-30)38(44)40-25-24-28-8-4-2-5-9-28)36(43)27-48-34-20-22-35(23-21-34)49(45,46)41-32-16-14-31(39)15-17-32/h3,6-8,10-23,37,41H,2,4-5,9,24-27H2,1H3,(H,40,44)/t37-/m1/s1. The van der Waals surface area contributed by atoms with Crippen LogP contribution in [0.2, 0.25) is 0 Å². The van der Waals surface area contributed by atoms with Crippen LogP contribution < -0.4 is 19.5 Å². The van der Waals surface area contributed by atoms with Crippen LogP contribution in [0.15, 0.2) is 120 Å². The largest absolute Gasteiger partial charge is 0.497 e. The Morgan fingerprint density at radius 2 is 1.57 bits per heavy atom. The first-order chi connectivity index (χ1) is 23.7. The van der Waals surface area contributed by atoms with E-state index in [0.717, 1.165) is 43.4 Å². The van der Waals surface area contributed by atoms with Crippen molar-refractivity contribution in [2.24, 2.45) is 0 Å². The van der Waals surface area contributed by atoms with Gasteiger partial charge in [0.25, 0.3) is 15.9 Å². The van der Waals surface area contributed by atoms with Gasteiger partial charge in [0.2, 0.25) is 5.91 Å². The number of sulfonamides is 1. The lowest BCUT2D eigenvalue weighted by atomic mass is 9.97. The number of ether oxygens (including phenoxy) is 2. The molecular formula is C38H40FN3O6S. The average Bonchev–Trinajstić information content (AvgIpc) is 3.12. The molecule has 49 heavy (non-hydrogen) atoms. The number of nitrogens with zero attached hydrogens (tertiary/aromatic N) is 1. The maximum Gasteiger partial charge on any atom is 0.261 e. The van der Waals surface area contributed by atoms with E-state index >= 15 is 0 Å². The van der Waals surface area contributed by atoms with E-state index < -0.39 is 34.4 Å². The van der Waals surface area contributed by atoms with Gasteiger partial charge in [-0.15, -0.1) is 0 Å². The molecule has 4 aromatic rings. The molecule has 0 saturated heterocycles. The normalized spacial score (nSPS) is 13.5. The van der Waals surface area contributed by atoms with E-state index in [1.165, 1.54) is 53.3 Å². The molecule has 0 fully saturated rings. The van der Waals surface area contributed by atoms with Crippen LogP contribution in [0.5, 0.6) is 11.5 Å². The summed E-state index contributed by atoms with van der Waals surface area (Å²) in [4.78, 5) is 29.4. The Hall–Kier alpha value is -5.16. The Bertz CT molecular complexity index is 1830. The molecule has 2 N–H and O–H groups in total.